The Morgan fingerprint density at radius 1 is 1.21 bits per heavy atom. The lowest BCUT2D eigenvalue weighted by atomic mass is 9.76. The molecule has 2 aromatic rings. The number of hydrogen-bond acceptors (Lipinski definition) is 4. The second kappa shape index (κ2) is 7.69. The summed E-state index contributed by atoms with van der Waals surface area (Å²) in [5, 5.41) is 3.17. The largest absolute Gasteiger partial charge is 0.434 e. The van der Waals surface area contributed by atoms with Gasteiger partial charge in [-0.3, -0.25) is 4.79 Å². The van der Waals surface area contributed by atoms with E-state index >= 15 is 0 Å². The van der Waals surface area contributed by atoms with Crippen LogP contribution in [0.2, 0.25) is 0 Å². The van der Waals surface area contributed by atoms with E-state index in [2.05, 4.69) is 15.3 Å². The molecule has 1 amide bonds. The molecule has 1 aliphatic carbocycles. The monoisotopic (exact) mass is 520 g/mol. The Morgan fingerprint density at radius 3 is 2.62 bits per heavy atom. The molecule has 154 valence electrons. The lowest BCUT2D eigenvalue weighted by molar-refractivity contribution is -0.141. The van der Waals surface area contributed by atoms with Crippen LogP contribution < -0.4 is 5.32 Å². The second-order valence-corrected chi connectivity index (χ2v) is 8.40. The number of hydrogen-bond donors (Lipinski definition) is 1. The van der Waals surface area contributed by atoms with E-state index in [0.29, 0.717) is 28.3 Å². The number of fused-ring (bicyclic) bond motifs is 3. The summed E-state index contributed by atoms with van der Waals surface area (Å²) in [7, 11) is 0. The Kier molecular flexibility index (Phi) is 5.38. The van der Waals surface area contributed by atoms with Gasteiger partial charge in [-0.15, -0.1) is 0 Å². The first-order valence-electron chi connectivity index (χ1n) is 9.15. The van der Waals surface area contributed by atoms with E-state index < -0.39 is 17.7 Å². The van der Waals surface area contributed by atoms with Gasteiger partial charge in [-0.05, 0) is 59.9 Å². The van der Waals surface area contributed by atoms with Crippen molar-refractivity contribution in [2.75, 3.05) is 11.9 Å². The molecular formula is C19H17F4IN4O. The number of amides is 1. The van der Waals surface area contributed by atoms with Crippen LogP contribution in [0.3, 0.4) is 0 Å². The number of aromatic nitrogens is 2. The van der Waals surface area contributed by atoms with Gasteiger partial charge in [0.2, 0.25) is 0 Å². The third-order valence-corrected chi connectivity index (χ3v) is 6.65. The summed E-state index contributed by atoms with van der Waals surface area (Å²) in [6, 6.07) is 4.47. The fourth-order valence-corrected chi connectivity index (χ4v) is 4.69. The number of nitrogens with zero attached hydrogens (tertiary/aromatic N) is 3. The van der Waals surface area contributed by atoms with Crippen LogP contribution in [0.4, 0.5) is 23.4 Å². The molecule has 2 aliphatic heterocycles. The molecule has 2 saturated heterocycles. The number of nitrogens with one attached hydrogen (secondary N) is 1. The first-order valence-corrected chi connectivity index (χ1v) is 10.2. The first-order chi connectivity index (χ1) is 13.7. The van der Waals surface area contributed by atoms with Gasteiger partial charge in [0, 0.05) is 18.6 Å². The molecule has 3 atom stereocenters. The van der Waals surface area contributed by atoms with Gasteiger partial charge in [0.15, 0.2) is 5.69 Å². The van der Waals surface area contributed by atoms with Crippen molar-refractivity contribution in [2.24, 2.45) is 5.92 Å². The Balaban J connectivity index is 1.45. The van der Waals surface area contributed by atoms with Crippen molar-refractivity contribution in [1.82, 2.24) is 14.9 Å². The van der Waals surface area contributed by atoms with Crippen LogP contribution in [0, 0.1) is 15.3 Å². The number of anilines is 1. The lowest BCUT2D eigenvalue weighted by Crippen LogP contribution is -2.58. The number of alkyl halides is 3. The van der Waals surface area contributed by atoms with Crippen LogP contribution in [0.5, 0.6) is 0 Å². The predicted molar refractivity (Wildman–Crippen MR) is 106 cm³/mol. The molecule has 29 heavy (non-hydrogen) atoms. The van der Waals surface area contributed by atoms with Gasteiger partial charge in [-0.2, -0.15) is 13.2 Å². The number of carbonyl (C=O) groups is 1. The van der Waals surface area contributed by atoms with Crippen molar-refractivity contribution >= 4 is 34.3 Å². The third-order valence-electron chi connectivity index (χ3n) is 5.56. The summed E-state index contributed by atoms with van der Waals surface area (Å²) in [6.07, 6.45) is -0.316. The van der Waals surface area contributed by atoms with Gasteiger partial charge < -0.3 is 10.2 Å². The van der Waals surface area contributed by atoms with E-state index in [0.717, 1.165) is 19.0 Å². The summed E-state index contributed by atoms with van der Waals surface area (Å²) < 4.78 is 52.0. The minimum absolute atomic E-state index is 0.00424. The van der Waals surface area contributed by atoms with E-state index in [-0.39, 0.29) is 29.7 Å². The Hall–Kier alpha value is -1.98. The minimum atomic E-state index is -4.52. The van der Waals surface area contributed by atoms with E-state index in [4.69, 9.17) is 0 Å². The highest BCUT2D eigenvalue weighted by atomic mass is 127. The summed E-state index contributed by atoms with van der Waals surface area (Å²) in [5.41, 5.74) is -0.675. The third kappa shape index (κ3) is 4.03. The Labute approximate surface area is 178 Å². The van der Waals surface area contributed by atoms with Crippen molar-refractivity contribution in [3.63, 3.8) is 0 Å². The fraction of sp³-hybridized carbons (Fsp3) is 0.421. The highest BCUT2D eigenvalue weighted by molar-refractivity contribution is 14.1. The molecule has 5 nitrogen and oxygen atoms in total. The van der Waals surface area contributed by atoms with Gasteiger partial charge in [0.25, 0.3) is 5.91 Å². The maximum absolute atomic E-state index is 13.8. The van der Waals surface area contributed by atoms with Crippen molar-refractivity contribution < 1.29 is 22.4 Å². The van der Waals surface area contributed by atoms with E-state index in [9.17, 15) is 22.4 Å². The molecule has 0 spiro atoms. The smallest absolute Gasteiger partial charge is 0.366 e. The normalized spacial score (nSPS) is 23.9. The van der Waals surface area contributed by atoms with Crippen LogP contribution in [0.15, 0.2) is 30.6 Å². The minimum Gasteiger partial charge on any atom is -0.366 e. The number of carbonyl (C=O) groups excluding carboxylic acids is 1. The zero-order valence-corrected chi connectivity index (χ0v) is 17.2. The number of piperidine rings is 2. The van der Waals surface area contributed by atoms with E-state index in [1.165, 1.54) is 12.1 Å². The number of benzene rings is 1. The summed E-state index contributed by atoms with van der Waals surface area (Å²) in [4.78, 5) is 22.0. The first kappa shape index (κ1) is 20.3. The van der Waals surface area contributed by atoms with Gasteiger partial charge in [0.05, 0.1) is 21.5 Å². The molecule has 1 saturated carbocycles. The van der Waals surface area contributed by atoms with Crippen LogP contribution in [0.25, 0.3) is 0 Å². The van der Waals surface area contributed by atoms with Crippen LogP contribution in [-0.4, -0.2) is 39.4 Å². The summed E-state index contributed by atoms with van der Waals surface area (Å²) in [5.74, 6) is -0.178. The highest BCUT2D eigenvalue weighted by Crippen LogP contribution is 2.38. The molecule has 2 bridgehead atoms. The lowest BCUT2D eigenvalue weighted by Gasteiger charge is -2.49. The molecule has 5 rings (SSSR count). The van der Waals surface area contributed by atoms with Gasteiger partial charge in [-0.1, -0.05) is 6.07 Å². The number of halogens is 5. The predicted octanol–water partition coefficient (Wildman–Crippen LogP) is 4.34. The van der Waals surface area contributed by atoms with Gasteiger partial charge in [-0.25, -0.2) is 14.4 Å². The average molecular weight is 520 g/mol. The standard InChI is InChI=1S/C19H17F4IN4O/c20-13-3-1-2-12(17(13)24)18(29)28-9-10-4-5-11(28)6-14(10)27-16-8-25-15(7-26-16)19(21,22)23/h1-3,7-8,10-11,14H,4-6,9H2,(H,26,27). The van der Waals surface area contributed by atoms with Gasteiger partial charge in [0.1, 0.15) is 11.6 Å². The highest BCUT2D eigenvalue weighted by Gasteiger charge is 2.43. The molecule has 10 heteroatoms. The maximum atomic E-state index is 13.8. The molecule has 3 fully saturated rings. The number of rotatable bonds is 3. The molecule has 1 N–H and O–H groups in total. The fourth-order valence-electron chi connectivity index (χ4n) is 4.10. The van der Waals surface area contributed by atoms with Crippen LogP contribution in [-0.2, 0) is 6.18 Å². The average Bonchev–Trinajstić information content (AvgIpc) is 2.70. The van der Waals surface area contributed by atoms with E-state index in [1.807, 2.05) is 22.6 Å². The molecule has 1 aromatic carbocycles. The molecule has 0 radical (unpaired) electrons. The Bertz CT molecular complexity index is 921. The summed E-state index contributed by atoms with van der Waals surface area (Å²) in [6.45, 7) is 0.516. The second-order valence-electron chi connectivity index (χ2n) is 7.32. The molecule has 3 aliphatic rings. The molecule has 1 aromatic heterocycles. The van der Waals surface area contributed by atoms with Crippen LogP contribution >= 0.6 is 22.6 Å². The molecule has 3 unspecified atom stereocenters. The van der Waals surface area contributed by atoms with Crippen molar-refractivity contribution in [2.45, 2.75) is 37.5 Å². The van der Waals surface area contributed by atoms with Crippen molar-refractivity contribution in [3.05, 3.63) is 51.2 Å². The summed E-state index contributed by atoms with van der Waals surface area (Å²) >= 11 is 1.84. The van der Waals surface area contributed by atoms with E-state index in [1.54, 1.807) is 11.0 Å². The maximum Gasteiger partial charge on any atom is 0.434 e. The van der Waals surface area contributed by atoms with Crippen molar-refractivity contribution in [1.29, 1.82) is 0 Å². The SMILES string of the molecule is O=C(c1cccc(F)c1I)N1CC2CCC1CC2Nc1cnc(C(F)(F)F)cn1. The zero-order valence-electron chi connectivity index (χ0n) is 15.1. The topological polar surface area (TPSA) is 58.1 Å². The molecule has 3 heterocycles. The van der Waals surface area contributed by atoms with Crippen molar-refractivity contribution in [3.8, 4) is 0 Å². The van der Waals surface area contributed by atoms with Crippen LogP contribution in [0.1, 0.15) is 35.3 Å². The molecular weight excluding hydrogens is 503 g/mol. The Morgan fingerprint density at radius 2 is 2.00 bits per heavy atom. The van der Waals surface area contributed by atoms with Gasteiger partial charge >= 0.3 is 6.18 Å². The zero-order chi connectivity index (χ0) is 20.8. The quantitative estimate of drug-likeness (QED) is 0.484.